The standard InChI is InChI=1S/C11H16O2/c1-8(12)7-11(3,4)10-6-5-9(2)13-10/h5-6H,7H2,1-4H3. The summed E-state index contributed by atoms with van der Waals surface area (Å²) in [5, 5.41) is 0. The quantitative estimate of drug-likeness (QED) is 0.716. The minimum atomic E-state index is -0.180. The minimum Gasteiger partial charge on any atom is -0.466 e. The molecule has 1 heterocycles. The van der Waals surface area contributed by atoms with Gasteiger partial charge in [-0.2, -0.15) is 0 Å². The van der Waals surface area contributed by atoms with Gasteiger partial charge in [-0.25, -0.2) is 0 Å². The Hall–Kier alpha value is -1.05. The van der Waals surface area contributed by atoms with Gasteiger partial charge in [-0.1, -0.05) is 13.8 Å². The highest BCUT2D eigenvalue weighted by atomic mass is 16.3. The molecule has 1 rings (SSSR count). The monoisotopic (exact) mass is 180 g/mol. The Labute approximate surface area is 78.9 Å². The predicted octanol–water partition coefficient (Wildman–Crippen LogP) is 2.84. The molecule has 0 unspecified atom stereocenters. The molecule has 0 N–H and O–H groups in total. The third-order valence-corrected chi connectivity index (χ3v) is 2.10. The van der Waals surface area contributed by atoms with E-state index in [1.807, 2.05) is 32.9 Å². The van der Waals surface area contributed by atoms with Crippen LogP contribution in [0.15, 0.2) is 16.5 Å². The largest absolute Gasteiger partial charge is 0.466 e. The average Bonchev–Trinajstić information content (AvgIpc) is 2.32. The minimum absolute atomic E-state index is 0.180. The summed E-state index contributed by atoms with van der Waals surface area (Å²) in [4.78, 5) is 11.0. The molecule has 0 aliphatic heterocycles. The molecule has 72 valence electrons. The van der Waals surface area contributed by atoms with Gasteiger partial charge >= 0.3 is 0 Å². The van der Waals surface area contributed by atoms with Gasteiger partial charge in [-0.3, -0.25) is 4.79 Å². The average molecular weight is 180 g/mol. The van der Waals surface area contributed by atoms with Crippen LogP contribution in [0.25, 0.3) is 0 Å². The maximum atomic E-state index is 11.0. The Balaban J connectivity index is 2.86. The van der Waals surface area contributed by atoms with Crippen molar-refractivity contribution in [3.63, 3.8) is 0 Å². The summed E-state index contributed by atoms with van der Waals surface area (Å²) in [5.41, 5.74) is -0.180. The highest BCUT2D eigenvalue weighted by molar-refractivity contribution is 5.76. The van der Waals surface area contributed by atoms with Crippen LogP contribution in [-0.4, -0.2) is 5.78 Å². The summed E-state index contributed by atoms with van der Waals surface area (Å²) in [5.74, 6) is 1.98. The van der Waals surface area contributed by atoms with E-state index in [2.05, 4.69) is 0 Å². The Morgan fingerprint density at radius 1 is 1.46 bits per heavy atom. The molecule has 0 saturated heterocycles. The van der Waals surface area contributed by atoms with Crippen LogP contribution < -0.4 is 0 Å². The molecule has 0 aliphatic rings. The number of carbonyl (C=O) groups is 1. The molecule has 13 heavy (non-hydrogen) atoms. The highest BCUT2D eigenvalue weighted by Crippen LogP contribution is 2.28. The molecular formula is C11H16O2. The van der Waals surface area contributed by atoms with E-state index in [0.29, 0.717) is 6.42 Å². The molecule has 0 spiro atoms. The fourth-order valence-electron chi connectivity index (χ4n) is 1.51. The van der Waals surface area contributed by atoms with Crippen molar-refractivity contribution >= 4 is 5.78 Å². The lowest BCUT2D eigenvalue weighted by Gasteiger charge is -2.19. The summed E-state index contributed by atoms with van der Waals surface area (Å²) in [7, 11) is 0. The van der Waals surface area contributed by atoms with Crippen molar-refractivity contribution in [3.8, 4) is 0 Å². The van der Waals surface area contributed by atoms with E-state index < -0.39 is 0 Å². The number of hydrogen-bond donors (Lipinski definition) is 0. The van der Waals surface area contributed by atoms with Crippen LogP contribution in [0.5, 0.6) is 0 Å². The lowest BCUT2D eigenvalue weighted by molar-refractivity contribution is -0.118. The number of hydrogen-bond acceptors (Lipinski definition) is 2. The Morgan fingerprint density at radius 3 is 2.46 bits per heavy atom. The van der Waals surface area contributed by atoms with Crippen LogP contribution in [-0.2, 0) is 10.2 Å². The maximum absolute atomic E-state index is 11.0. The van der Waals surface area contributed by atoms with Gasteiger partial charge < -0.3 is 4.42 Å². The number of rotatable bonds is 3. The lowest BCUT2D eigenvalue weighted by atomic mass is 9.85. The van der Waals surface area contributed by atoms with Crippen LogP contribution in [0.3, 0.4) is 0 Å². The second kappa shape index (κ2) is 3.36. The summed E-state index contributed by atoms with van der Waals surface area (Å²) >= 11 is 0. The van der Waals surface area contributed by atoms with Crippen LogP contribution in [0.1, 0.15) is 38.7 Å². The van der Waals surface area contributed by atoms with E-state index in [9.17, 15) is 4.79 Å². The zero-order valence-electron chi connectivity index (χ0n) is 8.68. The predicted molar refractivity (Wildman–Crippen MR) is 51.8 cm³/mol. The SMILES string of the molecule is CC(=O)CC(C)(C)c1ccc(C)o1. The maximum Gasteiger partial charge on any atom is 0.130 e. The van der Waals surface area contributed by atoms with Gasteiger partial charge in [-0.05, 0) is 26.0 Å². The zero-order valence-corrected chi connectivity index (χ0v) is 8.68. The first-order valence-electron chi connectivity index (χ1n) is 4.48. The van der Waals surface area contributed by atoms with Gasteiger partial charge in [0.25, 0.3) is 0 Å². The van der Waals surface area contributed by atoms with Crippen molar-refractivity contribution in [2.75, 3.05) is 0 Å². The van der Waals surface area contributed by atoms with Gasteiger partial charge in [0.15, 0.2) is 0 Å². The van der Waals surface area contributed by atoms with E-state index in [4.69, 9.17) is 4.42 Å². The summed E-state index contributed by atoms with van der Waals surface area (Å²) in [6, 6.07) is 3.87. The van der Waals surface area contributed by atoms with Crippen LogP contribution >= 0.6 is 0 Å². The van der Waals surface area contributed by atoms with Gasteiger partial charge in [0, 0.05) is 11.8 Å². The Morgan fingerprint density at radius 2 is 2.08 bits per heavy atom. The van der Waals surface area contributed by atoms with Gasteiger partial charge in [0.05, 0.1) is 0 Å². The molecule has 0 atom stereocenters. The summed E-state index contributed by atoms with van der Waals surface area (Å²) < 4.78 is 5.50. The second-order valence-electron chi connectivity index (χ2n) is 4.17. The molecule has 1 aromatic heterocycles. The van der Waals surface area contributed by atoms with E-state index in [0.717, 1.165) is 11.5 Å². The van der Waals surface area contributed by atoms with Gasteiger partial charge in [0.2, 0.25) is 0 Å². The molecule has 0 aromatic carbocycles. The van der Waals surface area contributed by atoms with Crippen molar-refractivity contribution in [2.45, 2.75) is 39.5 Å². The normalized spacial score (nSPS) is 11.7. The topological polar surface area (TPSA) is 30.2 Å². The van der Waals surface area contributed by atoms with E-state index in [1.165, 1.54) is 0 Å². The molecule has 0 amide bonds. The van der Waals surface area contributed by atoms with Crippen LogP contribution in [0.4, 0.5) is 0 Å². The third kappa shape index (κ3) is 2.44. The van der Waals surface area contributed by atoms with E-state index in [1.54, 1.807) is 6.92 Å². The molecule has 1 aromatic rings. The van der Waals surface area contributed by atoms with Gasteiger partial charge in [0.1, 0.15) is 17.3 Å². The highest BCUT2D eigenvalue weighted by Gasteiger charge is 2.25. The molecule has 0 saturated carbocycles. The third-order valence-electron chi connectivity index (χ3n) is 2.10. The molecule has 0 aliphatic carbocycles. The number of aryl methyl sites for hydroxylation is 1. The van der Waals surface area contributed by atoms with Crippen molar-refractivity contribution in [3.05, 3.63) is 23.7 Å². The Bertz CT molecular complexity index is 308. The molecule has 0 radical (unpaired) electrons. The van der Waals surface area contributed by atoms with E-state index >= 15 is 0 Å². The molecule has 0 fully saturated rings. The van der Waals surface area contributed by atoms with Crippen LogP contribution in [0, 0.1) is 6.92 Å². The second-order valence-corrected chi connectivity index (χ2v) is 4.17. The first-order chi connectivity index (χ1) is 5.92. The first-order valence-corrected chi connectivity index (χ1v) is 4.48. The van der Waals surface area contributed by atoms with Crippen molar-refractivity contribution < 1.29 is 9.21 Å². The number of furan rings is 1. The first kappa shape index (κ1) is 10.0. The molecule has 0 bridgehead atoms. The fourth-order valence-corrected chi connectivity index (χ4v) is 1.51. The van der Waals surface area contributed by atoms with Gasteiger partial charge in [-0.15, -0.1) is 0 Å². The van der Waals surface area contributed by atoms with Crippen LogP contribution in [0.2, 0.25) is 0 Å². The zero-order chi connectivity index (χ0) is 10.1. The summed E-state index contributed by atoms with van der Waals surface area (Å²) in [6.07, 6.45) is 0.528. The van der Waals surface area contributed by atoms with Crippen molar-refractivity contribution in [2.24, 2.45) is 0 Å². The number of carbonyl (C=O) groups excluding carboxylic acids is 1. The van der Waals surface area contributed by atoms with Crippen molar-refractivity contribution in [1.82, 2.24) is 0 Å². The smallest absolute Gasteiger partial charge is 0.130 e. The lowest BCUT2D eigenvalue weighted by Crippen LogP contribution is -2.19. The van der Waals surface area contributed by atoms with Crippen molar-refractivity contribution in [1.29, 1.82) is 0 Å². The fraction of sp³-hybridized carbons (Fsp3) is 0.545. The molecular weight excluding hydrogens is 164 g/mol. The molecule has 2 nitrogen and oxygen atoms in total. The summed E-state index contributed by atoms with van der Waals surface area (Å²) in [6.45, 7) is 7.56. The Kier molecular flexibility index (Phi) is 2.60. The number of ketones is 1. The number of Topliss-reactive ketones (excluding diaryl/α,β-unsaturated/α-hetero) is 1. The molecule has 2 heteroatoms. The van der Waals surface area contributed by atoms with E-state index in [-0.39, 0.29) is 11.2 Å².